The lowest BCUT2D eigenvalue weighted by Crippen LogP contribution is -2.37. The molecule has 0 bridgehead atoms. The van der Waals surface area contributed by atoms with Gasteiger partial charge in [0.05, 0.1) is 30.2 Å². The Labute approximate surface area is 163 Å². The van der Waals surface area contributed by atoms with Gasteiger partial charge < -0.3 is 9.64 Å². The van der Waals surface area contributed by atoms with Crippen molar-refractivity contribution in [2.24, 2.45) is 0 Å². The van der Waals surface area contributed by atoms with Crippen LogP contribution in [0.5, 0.6) is 5.75 Å². The fourth-order valence-corrected chi connectivity index (χ4v) is 5.87. The summed E-state index contributed by atoms with van der Waals surface area (Å²) in [6, 6.07) is 11.9. The first-order chi connectivity index (χ1) is 13.4. The second kappa shape index (κ2) is 7.09. The van der Waals surface area contributed by atoms with E-state index in [2.05, 4.69) is 0 Å². The van der Waals surface area contributed by atoms with Gasteiger partial charge in [-0.05, 0) is 48.9 Å². The molecule has 148 valence electrons. The zero-order chi connectivity index (χ0) is 19.9. The number of halogens is 1. The van der Waals surface area contributed by atoms with Crippen LogP contribution in [0.4, 0.5) is 14.9 Å². The zero-order valence-corrected chi connectivity index (χ0v) is 16.2. The number of carbonyl (C=O) groups is 1. The fourth-order valence-electron chi connectivity index (χ4n) is 3.92. The number of rotatable bonds is 5. The molecular weight excluding hydrogens is 383 g/mol. The Balaban J connectivity index is 1.65. The van der Waals surface area contributed by atoms with Crippen molar-refractivity contribution in [3.05, 3.63) is 59.9 Å². The summed E-state index contributed by atoms with van der Waals surface area (Å²) in [5.74, 6) is 0.222. The highest BCUT2D eigenvalue weighted by Crippen LogP contribution is 2.36. The Kier molecular flexibility index (Phi) is 4.74. The Morgan fingerprint density at radius 3 is 2.32 bits per heavy atom. The van der Waals surface area contributed by atoms with Gasteiger partial charge in [-0.15, -0.1) is 0 Å². The van der Waals surface area contributed by atoms with Crippen molar-refractivity contribution in [3.8, 4) is 5.75 Å². The van der Waals surface area contributed by atoms with Crippen molar-refractivity contribution in [2.45, 2.75) is 25.6 Å². The number of nitrogens with zero attached hydrogens (tertiary/aromatic N) is 2. The largest absolute Gasteiger partial charge is 0.494 e. The normalized spacial score (nSPS) is 23.1. The van der Waals surface area contributed by atoms with Crippen LogP contribution in [0, 0.1) is 5.82 Å². The van der Waals surface area contributed by atoms with Gasteiger partial charge in [0.15, 0.2) is 9.84 Å². The van der Waals surface area contributed by atoms with Crippen molar-refractivity contribution >= 4 is 21.6 Å². The smallest absolute Gasteiger partial charge is 0.325 e. The van der Waals surface area contributed by atoms with Crippen LogP contribution < -0.4 is 9.64 Å². The highest BCUT2D eigenvalue weighted by Gasteiger charge is 2.53. The van der Waals surface area contributed by atoms with E-state index in [1.165, 1.54) is 12.1 Å². The molecule has 2 fully saturated rings. The molecule has 2 aromatic carbocycles. The van der Waals surface area contributed by atoms with Crippen molar-refractivity contribution < 1.29 is 22.3 Å². The van der Waals surface area contributed by atoms with E-state index in [4.69, 9.17) is 4.74 Å². The van der Waals surface area contributed by atoms with Crippen molar-refractivity contribution in [1.29, 1.82) is 0 Å². The second-order valence-corrected chi connectivity index (χ2v) is 9.20. The van der Waals surface area contributed by atoms with E-state index in [9.17, 15) is 17.6 Å². The van der Waals surface area contributed by atoms with Gasteiger partial charge in [-0.2, -0.15) is 0 Å². The molecule has 0 aromatic heterocycles. The van der Waals surface area contributed by atoms with Crippen molar-refractivity contribution in [1.82, 2.24) is 4.90 Å². The van der Waals surface area contributed by atoms with E-state index >= 15 is 0 Å². The summed E-state index contributed by atoms with van der Waals surface area (Å²) in [5.41, 5.74) is 1.40. The monoisotopic (exact) mass is 404 g/mol. The maximum atomic E-state index is 13.2. The number of benzene rings is 2. The molecule has 0 unspecified atom stereocenters. The minimum Gasteiger partial charge on any atom is -0.494 e. The quantitative estimate of drug-likeness (QED) is 0.719. The molecule has 0 saturated carbocycles. The lowest BCUT2D eigenvalue weighted by Gasteiger charge is -2.23. The fraction of sp³-hybridized carbons (Fsp3) is 0.350. The third kappa shape index (κ3) is 3.44. The molecule has 2 aliphatic heterocycles. The molecule has 2 amide bonds. The van der Waals surface area contributed by atoms with Crippen molar-refractivity contribution in [2.75, 3.05) is 23.0 Å². The Bertz CT molecular complexity index is 976. The van der Waals surface area contributed by atoms with E-state index < -0.39 is 21.9 Å². The molecule has 2 aliphatic rings. The molecule has 2 aromatic rings. The van der Waals surface area contributed by atoms with Crippen molar-refractivity contribution in [3.63, 3.8) is 0 Å². The van der Waals surface area contributed by atoms with Crippen LogP contribution in [0.3, 0.4) is 0 Å². The molecule has 8 heteroatoms. The molecule has 0 aliphatic carbocycles. The van der Waals surface area contributed by atoms with Crippen LogP contribution >= 0.6 is 0 Å². The van der Waals surface area contributed by atoms with Gasteiger partial charge in [0, 0.05) is 12.2 Å². The van der Waals surface area contributed by atoms with Gasteiger partial charge in [-0.1, -0.05) is 12.1 Å². The summed E-state index contributed by atoms with van der Waals surface area (Å²) in [7, 11) is -3.24. The molecule has 2 atom stereocenters. The lowest BCUT2D eigenvalue weighted by molar-refractivity contribution is 0.206. The SMILES string of the molecule is CCOc1ccc(N2C(=O)N(Cc3ccc(F)cc3)[C@H]3CS(=O)(=O)C[C@@H]32)cc1. The third-order valence-corrected chi connectivity index (χ3v) is 6.87. The zero-order valence-electron chi connectivity index (χ0n) is 15.4. The van der Waals surface area contributed by atoms with Crippen LogP contribution in [0.15, 0.2) is 48.5 Å². The van der Waals surface area contributed by atoms with Gasteiger partial charge in [-0.25, -0.2) is 17.6 Å². The van der Waals surface area contributed by atoms with Gasteiger partial charge in [-0.3, -0.25) is 4.90 Å². The number of ether oxygens (including phenoxy) is 1. The molecule has 0 N–H and O–H groups in total. The third-order valence-electron chi connectivity index (χ3n) is 5.17. The Morgan fingerprint density at radius 1 is 1.04 bits per heavy atom. The van der Waals surface area contributed by atoms with Crippen LogP contribution in [-0.4, -0.2) is 49.5 Å². The first-order valence-corrected chi connectivity index (χ1v) is 11.0. The molecule has 2 saturated heterocycles. The topological polar surface area (TPSA) is 66.9 Å². The number of amides is 2. The summed E-state index contributed by atoms with van der Waals surface area (Å²) < 4.78 is 43.2. The van der Waals surface area contributed by atoms with Crippen LogP contribution in [0.25, 0.3) is 0 Å². The van der Waals surface area contributed by atoms with Crippen LogP contribution in [-0.2, 0) is 16.4 Å². The number of hydrogen-bond acceptors (Lipinski definition) is 4. The maximum Gasteiger partial charge on any atom is 0.325 e. The van der Waals surface area contributed by atoms with E-state index in [-0.39, 0.29) is 29.9 Å². The van der Waals surface area contributed by atoms with E-state index in [0.29, 0.717) is 18.0 Å². The standard InChI is InChI=1S/C20H21FN2O4S/c1-2-27-17-9-7-16(8-10-17)23-19-13-28(25,26)12-18(19)22(20(23)24)11-14-3-5-15(21)6-4-14/h3-10,18-19H,2,11-13H2,1H3/t18-,19-/m0/s1. The van der Waals surface area contributed by atoms with Crippen LogP contribution in [0.2, 0.25) is 0 Å². The second-order valence-electron chi connectivity index (χ2n) is 7.05. The summed E-state index contributed by atoms with van der Waals surface area (Å²) in [4.78, 5) is 16.3. The lowest BCUT2D eigenvalue weighted by atomic mass is 10.1. The average Bonchev–Trinajstić information content (AvgIpc) is 3.09. The number of fused-ring (bicyclic) bond motifs is 1. The minimum atomic E-state index is -3.24. The number of anilines is 1. The summed E-state index contributed by atoms with van der Waals surface area (Å²) in [6.45, 7) is 2.67. The van der Waals surface area contributed by atoms with Gasteiger partial charge in [0.25, 0.3) is 0 Å². The minimum absolute atomic E-state index is 0.0574. The first kappa shape index (κ1) is 18.7. The molecule has 28 heavy (non-hydrogen) atoms. The molecule has 2 heterocycles. The van der Waals surface area contributed by atoms with E-state index in [1.54, 1.807) is 46.2 Å². The molecular formula is C20H21FN2O4S. The predicted octanol–water partition coefficient (Wildman–Crippen LogP) is 2.83. The first-order valence-electron chi connectivity index (χ1n) is 9.15. The number of carbonyl (C=O) groups excluding carboxylic acids is 1. The summed E-state index contributed by atoms with van der Waals surface area (Å²) >= 11 is 0. The van der Waals surface area contributed by atoms with Crippen LogP contribution in [0.1, 0.15) is 12.5 Å². The molecule has 0 spiro atoms. The van der Waals surface area contributed by atoms with Gasteiger partial charge in [0.1, 0.15) is 11.6 Å². The maximum absolute atomic E-state index is 13.2. The summed E-state index contributed by atoms with van der Waals surface area (Å²) in [6.07, 6.45) is 0. The average molecular weight is 404 g/mol. The van der Waals surface area contributed by atoms with E-state index in [1.807, 2.05) is 6.92 Å². The highest BCUT2D eigenvalue weighted by molar-refractivity contribution is 7.91. The number of sulfone groups is 1. The Hall–Kier alpha value is -2.61. The molecule has 6 nitrogen and oxygen atoms in total. The molecule has 4 rings (SSSR count). The number of hydrogen-bond donors (Lipinski definition) is 0. The molecule has 0 radical (unpaired) electrons. The Morgan fingerprint density at radius 2 is 1.68 bits per heavy atom. The van der Waals surface area contributed by atoms with Gasteiger partial charge >= 0.3 is 6.03 Å². The highest BCUT2D eigenvalue weighted by atomic mass is 32.2. The number of urea groups is 1. The van der Waals surface area contributed by atoms with Gasteiger partial charge in [0.2, 0.25) is 0 Å². The summed E-state index contributed by atoms with van der Waals surface area (Å²) in [5, 5.41) is 0. The predicted molar refractivity (Wildman–Crippen MR) is 104 cm³/mol. The van der Waals surface area contributed by atoms with E-state index in [0.717, 1.165) is 5.56 Å².